The molecule has 0 aliphatic rings. The summed E-state index contributed by atoms with van der Waals surface area (Å²) in [7, 11) is 1.81. The van der Waals surface area contributed by atoms with Crippen molar-refractivity contribution in [2.45, 2.75) is 6.36 Å². The molecule has 0 amide bonds. The van der Waals surface area contributed by atoms with Crippen LogP contribution in [0, 0.1) is 0 Å². The van der Waals surface area contributed by atoms with Gasteiger partial charge in [0.25, 0.3) is 0 Å². The number of fused-ring (bicyclic) bond motifs is 3. The third-order valence-electron chi connectivity index (χ3n) is 5.56. The van der Waals surface area contributed by atoms with Gasteiger partial charge < -0.3 is 4.74 Å². The van der Waals surface area contributed by atoms with Crippen LogP contribution >= 0.6 is 31.9 Å². The van der Waals surface area contributed by atoms with E-state index in [1.54, 1.807) is 23.0 Å². The van der Waals surface area contributed by atoms with Crippen LogP contribution in [0.15, 0.2) is 86.8 Å². The third kappa shape index (κ3) is 4.96. The summed E-state index contributed by atoms with van der Waals surface area (Å²) >= 11 is 7.00. The Hall–Kier alpha value is -3.37. The number of rotatable bonds is 5. The van der Waals surface area contributed by atoms with Crippen molar-refractivity contribution in [1.82, 2.24) is 9.78 Å². The van der Waals surface area contributed by atoms with Gasteiger partial charge in [-0.1, -0.05) is 24.3 Å². The monoisotopic (exact) mass is 616 g/mol. The minimum atomic E-state index is -4.73. The van der Waals surface area contributed by atoms with Gasteiger partial charge in [0.05, 0.1) is 17.6 Å². The summed E-state index contributed by atoms with van der Waals surface area (Å²) in [5.74, 6) is -0.265. The largest absolute Gasteiger partial charge is 0.573 e. The molecule has 10 heteroatoms. The van der Waals surface area contributed by atoms with Crippen molar-refractivity contribution in [3.8, 4) is 17.0 Å². The number of benzene rings is 4. The lowest BCUT2D eigenvalue weighted by Gasteiger charge is -2.09. The summed E-state index contributed by atoms with van der Waals surface area (Å²) < 4.78 is 45.0. The van der Waals surface area contributed by atoms with Gasteiger partial charge in [0.15, 0.2) is 0 Å². The Balaban J connectivity index is 1.45. The zero-order valence-electron chi connectivity index (χ0n) is 18.6. The van der Waals surface area contributed by atoms with Crippen LogP contribution in [-0.4, -0.2) is 22.4 Å². The van der Waals surface area contributed by atoms with Crippen molar-refractivity contribution in [3.05, 3.63) is 87.3 Å². The van der Waals surface area contributed by atoms with Crippen molar-refractivity contribution < 1.29 is 17.9 Å². The Morgan fingerprint density at radius 2 is 1.64 bits per heavy atom. The third-order valence-corrected chi connectivity index (χ3v) is 6.88. The summed E-state index contributed by atoms with van der Waals surface area (Å²) in [6, 6.07) is 21.5. The molecule has 0 saturated carbocycles. The molecular formula is C26H17Br2F3N4O. The van der Waals surface area contributed by atoms with Crippen LogP contribution in [-0.2, 0) is 7.05 Å². The minimum Gasteiger partial charge on any atom is -0.406 e. The van der Waals surface area contributed by atoms with Gasteiger partial charge in [0.2, 0.25) is 0 Å². The first-order valence-corrected chi connectivity index (χ1v) is 12.3. The number of hydrogen-bond acceptors (Lipinski definition) is 4. The summed E-state index contributed by atoms with van der Waals surface area (Å²) in [5.41, 5.74) is 7.13. The smallest absolute Gasteiger partial charge is 0.406 e. The number of alkyl halides is 3. The summed E-state index contributed by atoms with van der Waals surface area (Å²) in [6.45, 7) is 0. The minimum absolute atomic E-state index is 0.265. The van der Waals surface area contributed by atoms with Gasteiger partial charge in [0.1, 0.15) is 11.3 Å². The van der Waals surface area contributed by atoms with E-state index < -0.39 is 6.36 Å². The van der Waals surface area contributed by atoms with Crippen LogP contribution < -0.4 is 10.2 Å². The molecule has 0 radical (unpaired) electrons. The number of hydrogen-bond donors (Lipinski definition) is 1. The Labute approximate surface area is 220 Å². The number of para-hydroxylation sites is 1. The van der Waals surface area contributed by atoms with E-state index in [0.717, 1.165) is 53.1 Å². The lowest BCUT2D eigenvalue weighted by atomic mass is 10.0. The average Bonchev–Trinajstić information content (AvgIpc) is 3.16. The van der Waals surface area contributed by atoms with Crippen molar-refractivity contribution in [1.29, 1.82) is 0 Å². The van der Waals surface area contributed by atoms with Gasteiger partial charge in [-0.05, 0) is 91.3 Å². The number of hydrazone groups is 1. The number of ether oxygens (including phenoxy) is 1. The Morgan fingerprint density at radius 3 is 2.33 bits per heavy atom. The second-order valence-electron chi connectivity index (χ2n) is 7.95. The van der Waals surface area contributed by atoms with Crippen LogP contribution in [0.4, 0.5) is 18.9 Å². The molecule has 0 atom stereocenters. The molecule has 0 bridgehead atoms. The molecule has 4 aromatic carbocycles. The quantitative estimate of drug-likeness (QED) is 0.160. The van der Waals surface area contributed by atoms with Crippen LogP contribution in [0.5, 0.6) is 5.75 Å². The summed E-state index contributed by atoms with van der Waals surface area (Å²) in [5, 5.41) is 11.9. The average molecular weight is 618 g/mol. The van der Waals surface area contributed by atoms with Crippen LogP contribution in [0.3, 0.4) is 0 Å². The molecule has 0 unspecified atom stereocenters. The molecular weight excluding hydrogens is 601 g/mol. The van der Waals surface area contributed by atoms with Crippen LogP contribution in [0.2, 0.25) is 0 Å². The second kappa shape index (κ2) is 9.59. The highest BCUT2D eigenvalue weighted by Crippen LogP contribution is 2.34. The van der Waals surface area contributed by atoms with Crippen molar-refractivity contribution >= 4 is 65.4 Å². The van der Waals surface area contributed by atoms with Crippen LogP contribution in [0.25, 0.3) is 32.9 Å². The molecule has 5 rings (SSSR count). The van der Waals surface area contributed by atoms with E-state index in [1.807, 2.05) is 55.6 Å². The Bertz CT molecular complexity index is 1590. The van der Waals surface area contributed by atoms with Gasteiger partial charge in [-0.2, -0.15) is 10.2 Å². The highest BCUT2D eigenvalue weighted by Gasteiger charge is 2.31. The van der Waals surface area contributed by atoms with Gasteiger partial charge in [-0.15, -0.1) is 13.2 Å². The van der Waals surface area contributed by atoms with E-state index in [4.69, 9.17) is 5.10 Å². The summed E-state index contributed by atoms with van der Waals surface area (Å²) in [4.78, 5) is 0. The molecule has 0 spiro atoms. The standard InChI is InChI=1S/C26H17Br2F3N4O/c1-35-25(16-6-9-18(10-7-16)36-26(29,30)31)20-12-8-17-13-15(5-11-19(17)23(20)34-35)14-32-33-24-21(27)3-2-4-22(24)28/h2-14,33H,1H3/b32-14+. The molecule has 5 nitrogen and oxygen atoms in total. The van der Waals surface area contributed by atoms with Crippen LogP contribution in [0.1, 0.15) is 5.56 Å². The fourth-order valence-corrected chi connectivity index (χ4v) is 5.19. The Kier molecular flexibility index (Phi) is 6.48. The lowest BCUT2D eigenvalue weighted by Crippen LogP contribution is -2.16. The zero-order chi connectivity index (χ0) is 25.4. The predicted molar refractivity (Wildman–Crippen MR) is 143 cm³/mol. The fraction of sp³-hybridized carbons (Fsp3) is 0.0769. The molecule has 1 N–H and O–H groups in total. The number of halogens is 5. The topological polar surface area (TPSA) is 51.4 Å². The molecule has 0 aliphatic carbocycles. The van der Waals surface area contributed by atoms with Gasteiger partial charge in [-0.3, -0.25) is 10.1 Å². The number of aryl methyl sites for hydroxylation is 1. The van der Waals surface area contributed by atoms with E-state index in [1.165, 1.54) is 12.1 Å². The molecule has 1 heterocycles. The normalized spacial score (nSPS) is 12.1. The number of anilines is 1. The summed E-state index contributed by atoms with van der Waals surface area (Å²) in [6.07, 6.45) is -2.99. The van der Waals surface area contributed by atoms with Crippen molar-refractivity contribution in [3.63, 3.8) is 0 Å². The Morgan fingerprint density at radius 1 is 0.944 bits per heavy atom. The molecule has 0 aliphatic heterocycles. The SMILES string of the molecule is Cn1nc2c(ccc3cc(/C=N/Nc4c(Br)cccc4Br)ccc32)c1-c1ccc(OC(F)(F)F)cc1. The molecule has 5 aromatic rings. The number of nitrogens with zero attached hydrogens (tertiary/aromatic N) is 3. The lowest BCUT2D eigenvalue weighted by molar-refractivity contribution is -0.274. The van der Waals surface area contributed by atoms with Crippen molar-refractivity contribution in [2.24, 2.45) is 12.1 Å². The predicted octanol–water partition coefficient (Wildman–Crippen LogP) is 8.26. The first kappa shape index (κ1) is 24.3. The van der Waals surface area contributed by atoms with E-state index in [-0.39, 0.29) is 5.75 Å². The first-order valence-electron chi connectivity index (χ1n) is 10.7. The molecule has 182 valence electrons. The molecule has 1 aromatic heterocycles. The van der Waals surface area contributed by atoms with E-state index in [9.17, 15) is 13.2 Å². The number of nitrogens with one attached hydrogen (secondary N) is 1. The molecule has 36 heavy (non-hydrogen) atoms. The second-order valence-corrected chi connectivity index (χ2v) is 9.66. The van der Waals surface area contributed by atoms with E-state index >= 15 is 0 Å². The maximum absolute atomic E-state index is 12.5. The van der Waals surface area contributed by atoms with Crippen molar-refractivity contribution in [2.75, 3.05) is 5.43 Å². The fourth-order valence-electron chi connectivity index (χ4n) is 4.02. The molecule has 0 fully saturated rings. The van der Waals surface area contributed by atoms with E-state index in [0.29, 0.717) is 0 Å². The molecule has 0 saturated heterocycles. The van der Waals surface area contributed by atoms with E-state index in [2.05, 4.69) is 47.1 Å². The zero-order valence-corrected chi connectivity index (χ0v) is 21.8. The highest BCUT2D eigenvalue weighted by atomic mass is 79.9. The van der Waals surface area contributed by atoms with Gasteiger partial charge in [0, 0.05) is 32.3 Å². The van der Waals surface area contributed by atoms with Gasteiger partial charge >= 0.3 is 6.36 Å². The van der Waals surface area contributed by atoms with Gasteiger partial charge in [-0.25, -0.2) is 0 Å². The number of aromatic nitrogens is 2. The first-order chi connectivity index (χ1) is 17.2. The highest BCUT2D eigenvalue weighted by molar-refractivity contribution is 9.11. The maximum atomic E-state index is 12.5. The maximum Gasteiger partial charge on any atom is 0.573 e.